The van der Waals surface area contributed by atoms with Gasteiger partial charge in [0.25, 0.3) is 5.78 Å². The van der Waals surface area contributed by atoms with Crippen molar-refractivity contribution >= 4 is 23.9 Å². The lowest BCUT2D eigenvalue weighted by atomic mass is 10.0. The normalized spacial score (nSPS) is 11.1. The summed E-state index contributed by atoms with van der Waals surface area (Å²) in [5, 5.41) is 0.683. The fraction of sp³-hybridized carbons (Fsp3) is 0.214. The fourth-order valence-electron chi connectivity index (χ4n) is 3.37. The molecule has 0 aliphatic rings. The summed E-state index contributed by atoms with van der Waals surface area (Å²) in [5.41, 5.74) is 4.35. The lowest BCUT2D eigenvalue weighted by Gasteiger charge is -2.29. The third-order valence-corrected chi connectivity index (χ3v) is 5.19. The Labute approximate surface area is 214 Å². The van der Waals surface area contributed by atoms with Crippen LogP contribution in [0, 0.1) is 0 Å². The summed E-state index contributed by atoms with van der Waals surface area (Å²) in [6.07, 6.45) is -2.13. The summed E-state index contributed by atoms with van der Waals surface area (Å²) in [6, 6.07) is 25.1. The first-order valence-electron chi connectivity index (χ1n) is 11.7. The molecule has 0 heterocycles. The Kier molecular flexibility index (Phi) is 10.2. The number of Topliss-reactive ketones (excluding diaryl/α,β-unsaturated/α-hetero) is 1. The Morgan fingerprint density at radius 3 is 1.70 bits per heavy atom. The van der Waals surface area contributed by atoms with Crippen LogP contribution in [0.2, 0.25) is 0 Å². The van der Waals surface area contributed by atoms with E-state index in [2.05, 4.69) is 5.43 Å². The smallest absolute Gasteiger partial charge is 0.429 e. The fourth-order valence-corrected chi connectivity index (χ4v) is 3.37. The molecule has 0 unspecified atom stereocenters. The van der Waals surface area contributed by atoms with Crippen molar-refractivity contribution in [2.75, 3.05) is 6.61 Å². The van der Waals surface area contributed by atoms with Gasteiger partial charge in [0.05, 0.1) is 6.61 Å². The van der Waals surface area contributed by atoms with Crippen molar-refractivity contribution < 1.29 is 33.4 Å². The molecule has 0 aromatic heterocycles. The molecule has 0 aliphatic carbocycles. The highest BCUT2D eigenvalue weighted by atomic mass is 16.6. The Hall–Kier alpha value is -4.66. The van der Waals surface area contributed by atoms with Gasteiger partial charge >= 0.3 is 18.2 Å². The number of esters is 1. The van der Waals surface area contributed by atoms with E-state index in [1.807, 2.05) is 12.1 Å². The van der Waals surface area contributed by atoms with Crippen molar-refractivity contribution in [2.45, 2.75) is 32.6 Å². The Bertz CT molecular complexity index is 1170. The third kappa shape index (κ3) is 8.50. The van der Waals surface area contributed by atoms with Gasteiger partial charge in [0.1, 0.15) is 19.3 Å². The average molecular weight is 505 g/mol. The standard InChI is InChI=1S/C28H28N2O7/c1-2-35-26(32)25(31)24(18-21-12-6-3-7-13-21)30(28(34)37-20-23-16-10-5-11-17-23)29-27(33)36-19-22-14-8-4-9-15-22/h3-17,24H,2,18-20H2,1H3,(H,29,33)/t24-/m0/s1. The van der Waals surface area contributed by atoms with Gasteiger partial charge in [0.15, 0.2) is 0 Å². The average Bonchev–Trinajstić information content (AvgIpc) is 2.94. The maximum atomic E-state index is 13.2. The predicted molar refractivity (Wildman–Crippen MR) is 134 cm³/mol. The van der Waals surface area contributed by atoms with Gasteiger partial charge in [-0.05, 0) is 23.6 Å². The number of nitrogens with zero attached hydrogens (tertiary/aromatic N) is 1. The summed E-state index contributed by atoms with van der Waals surface area (Å²) < 4.78 is 15.5. The number of ketones is 1. The number of hydrogen-bond acceptors (Lipinski definition) is 7. The van der Waals surface area contributed by atoms with Crippen LogP contribution in [-0.2, 0) is 43.4 Å². The van der Waals surface area contributed by atoms with Crippen LogP contribution in [-0.4, -0.2) is 41.6 Å². The summed E-state index contributed by atoms with van der Waals surface area (Å²) in [6.45, 7) is 1.33. The van der Waals surface area contributed by atoms with E-state index in [-0.39, 0.29) is 26.2 Å². The molecule has 192 valence electrons. The highest BCUT2D eigenvalue weighted by Crippen LogP contribution is 2.13. The first-order chi connectivity index (χ1) is 18.0. The van der Waals surface area contributed by atoms with Crippen LogP contribution in [0.25, 0.3) is 0 Å². The molecule has 0 bridgehead atoms. The van der Waals surface area contributed by atoms with Crippen molar-refractivity contribution in [3.05, 3.63) is 108 Å². The zero-order valence-corrected chi connectivity index (χ0v) is 20.4. The molecule has 0 spiro atoms. The summed E-state index contributed by atoms with van der Waals surface area (Å²) in [7, 11) is 0. The van der Waals surface area contributed by atoms with E-state index >= 15 is 0 Å². The monoisotopic (exact) mass is 504 g/mol. The van der Waals surface area contributed by atoms with Gasteiger partial charge < -0.3 is 14.2 Å². The van der Waals surface area contributed by atoms with E-state index < -0.39 is 30.0 Å². The quantitative estimate of drug-likeness (QED) is 0.191. The molecule has 0 saturated carbocycles. The Balaban J connectivity index is 1.84. The van der Waals surface area contributed by atoms with Crippen LogP contribution >= 0.6 is 0 Å². The number of amides is 2. The minimum absolute atomic E-state index is 0.0341. The minimum atomic E-state index is -1.45. The highest BCUT2D eigenvalue weighted by Gasteiger charge is 2.37. The lowest BCUT2D eigenvalue weighted by Crippen LogP contribution is -2.57. The van der Waals surface area contributed by atoms with Crippen molar-refractivity contribution in [2.24, 2.45) is 0 Å². The number of carbonyl (C=O) groups excluding carboxylic acids is 4. The van der Waals surface area contributed by atoms with E-state index in [1.54, 1.807) is 85.8 Å². The molecule has 1 atom stereocenters. The second-order valence-corrected chi connectivity index (χ2v) is 7.87. The van der Waals surface area contributed by atoms with Crippen LogP contribution in [0.5, 0.6) is 0 Å². The van der Waals surface area contributed by atoms with Crippen molar-refractivity contribution in [3.8, 4) is 0 Å². The van der Waals surface area contributed by atoms with E-state index in [9.17, 15) is 19.2 Å². The number of hydrogen-bond donors (Lipinski definition) is 1. The predicted octanol–water partition coefficient (Wildman–Crippen LogP) is 4.21. The van der Waals surface area contributed by atoms with Crippen molar-refractivity contribution in [3.63, 3.8) is 0 Å². The molecule has 0 saturated heterocycles. The van der Waals surface area contributed by atoms with Crippen LogP contribution in [0.3, 0.4) is 0 Å². The van der Waals surface area contributed by atoms with Crippen molar-refractivity contribution in [1.82, 2.24) is 10.4 Å². The first-order valence-corrected chi connectivity index (χ1v) is 11.7. The molecular weight excluding hydrogens is 476 g/mol. The third-order valence-electron chi connectivity index (χ3n) is 5.19. The summed E-state index contributed by atoms with van der Waals surface area (Å²) >= 11 is 0. The number of carbonyl (C=O) groups is 4. The summed E-state index contributed by atoms with van der Waals surface area (Å²) in [4.78, 5) is 51.3. The second kappa shape index (κ2) is 14.0. The number of rotatable bonds is 10. The lowest BCUT2D eigenvalue weighted by molar-refractivity contribution is -0.156. The number of nitrogens with one attached hydrogen (secondary N) is 1. The highest BCUT2D eigenvalue weighted by molar-refractivity contribution is 6.36. The van der Waals surface area contributed by atoms with Crippen LogP contribution in [0.4, 0.5) is 9.59 Å². The maximum Gasteiger partial charge on any atom is 0.429 e. The molecule has 3 rings (SSSR count). The van der Waals surface area contributed by atoms with Gasteiger partial charge in [0.2, 0.25) is 0 Å². The van der Waals surface area contributed by atoms with E-state index in [0.29, 0.717) is 16.1 Å². The molecule has 9 nitrogen and oxygen atoms in total. The van der Waals surface area contributed by atoms with Crippen LogP contribution in [0.1, 0.15) is 23.6 Å². The Morgan fingerprint density at radius 2 is 1.19 bits per heavy atom. The second-order valence-electron chi connectivity index (χ2n) is 7.87. The SMILES string of the molecule is CCOC(=O)C(=O)[C@H](Cc1ccccc1)N(NC(=O)OCc1ccccc1)C(=O)OCc1ccccc1. The van der Waals surface area contributed by atoms with Gasteiger partial charge in [-0.3, -0.25) is 4.79 Å². The summed E-state index contributed by atoms with van der Waals surface area (Å²) in [5.74, 6) is -2.16. The van der Waals surface area contributed by atoms with Gasteiger partial charge in [-0.25, -0.2) is 24.8 Å². The number of hydrazine groups is 1. The molecule has 0 aliphatic heterocycles. The zero-order valence-electron chi connectivity index (χ0n) is 20.4. The molecule has 1 N–H and O–H groups in total. The van der Waals surface area contributed by atoms with Crippen LogP contribution in [0.15, 0.2) is 91.0 Å². The molecule has 0 fully saturated rings. The van der Waals surface area contributed by atoms with Crippen molar-refractivity contribution in [1.29, 1.82) is 0 Å². The van der Waals surface area contributed by atoms with E-state index in [1.165, 1.54) is 0 Å². The number of ether oxygens (including phenoxy) is 3. The molecule has 3 aromatic carbocycles. The molecule has 0 radical (unpaired) electrons. The zero-order chi connectivity index (χ0) is 26.5. The Morgan fingerprint density at radius 1 is 0.703 bits per heavy atom. The van der Waals surface area contributed by atoms with Crippen LogP contribution < -0.4 is 5.43 Å². The maximum absolute atomic E-state index is 13.2. The minimum Gasteiger partial charge on any atom is -0.460 e. The molecule has 3 aromatic rings. The van der Waals surface area contributed by atoms with E-state index in [0.717, 1.165) is 5.56 Å². The van der Waals surface area contributed by atoms with Gasteiger partial charge in [0, 0.05) is 6.42 Å². The number of benzene rings is 3. The first kappa shape index (κ1) is 26.9. The molecular formula is C28H28N2O7. The van der Waals surface area contributed by atoms with Gasteiger partial charge in [-0.1, -0.05) is 91.0 Å². The van der Waals surface area contributed by atoms with Gasteiger partial charge in [-0.2, -0.15) is 0 Å². The molecule has 2 amide bonds. The van der Waals surface area contributed by atoms with E-state index in [4.69, 9.17) is 14.2 Å². The topological polar surface area (TPSA) is 111 Å². The largest absolute Gasteiger partial charge is 0.460 e. The molecule has 37 heavy (non-hydrogen) atoms. The van der Waals surface area contributed by atoms with Gasteiger partial charge in [-0.15, -0.1) is 0 Å². The molecule has 9 heteroatoms.